The third kappa shape index (κ3) is 2.59. The first-order valence-electron chi connectivity index (χ1n) is 7.20. The van der Waals surface area contributed by atoms with Crippen LogP contribution in [0.3, 0.4) is 0 Å². The Balaban J connectivity index is 1.96. The molecule has 2 aromatic heterocycles. The van der Waals surface area contributed by atoms with Gasteiger partial charge < -0.3 is 16.0 Å². The first kappa shape index (κ1) is 14.3. The van der Waals surface area contributed by atoms with Gasteiger partial charge in [-0.15, -0.1) is 0 Å². The molecule has 0 fully saturated rings. The van der Waals surface area contributed by atoms with Crippen molar-refractivity contribution in [1.82, 2.24) is 15.0 Å². The Labute approximate surface area is 127 Å². The maximum Gasteiger partial charge on any atom is 0.224 e. The Bertz CT molecular complexity index is 825. The molecule has 0 aliphatic carbocycles. The molecule has 0 atom stereocenters. The lowest BCUT2D eigenvalue weighted by atomic mass is 10.1. The Morgan fingerprint density at radius 1 is 1.36 bits per heavy atom. The number of rotatable bonds is 4. The molecule has 5 nitrogen and oxygen atoms in total. The summed E-state index contributed by atoms with van der Waals surface area (Å²) in [5.41, 5.74) is 9.64. The number of hydrogen-bond donors (Lipinski definition) is 3. The van der Waals surface area contributed by atoms with Gasteiger partial charge in [-0.05, 0) is 42.7 Å². The molecule has 3 aromatic rings. The highest BCUT2D eigenvalue weighted by Gasteiger charge is 2.12. The number of aromatic amines is 1. The lowest BCUT2D eigenvalue weighted by Crippen LogP contribution is -2.05. The van der Waals surface area contributed by atoms with E-state index in [2.05, 4.69) is 27.2 Å². The number of fused-ring (bicyclic) bond motifs is 1. The van der Waals surface area contributed by atoms with Gasteiger partial charge in [0, 0.05) is 23.8 Å². The van der Waals surface area contributed by atoms with E-state index in [9.17, 15) is 4.39 Å². The maximum absolute atomic E-state index is 13.9. The van der Waals surface area contributed by atoms with Crippen LogP contribution in [0.25, 0.3) is 10.9 Å². The normalized spacial score (nSPS) is 11.0. The molecule has 0 spiro atoms. The highest BCUT2D eigenvalue weighted by atomic mass is 19.1. The monoisotopic (exact) mass is 299 g/mol. The summed E-state index contributed by atoms with van der Waals surface area (Å²) in [7, 11) is 0. The van der Waals surface area contributed by atoms with E-state index in [-0.39, 0.29) is 5.82 Å². The zero-order valence-corrected chi connectivity index (χ0v) is 12.6. The summed E-state index contributed by atoms with van der Waals surface area (Å²) in [6, 6.07) is 4.71. The van der Waals surface area contributed by atoms with Crippen molar-refractivity contribution in [3.05, 3.63) is 47.0 Å². The number of aryl methyl sites for hydroxylation is 2. The van der Waals surface area contributed by atoms with Crippen molar-refractivity contribution in [2.75, 3.05) is 11.1 Å². The van der Waals surface area contributed by atoms with Gasteiger partial charge in [0.2, 0.25) is 5.95 Å². The molecule has 0 radical (unpaired) electrons. The first-order valence-corrected chi connectivity index (χ1v) is 7.20. The van der Waals surface area contributed by atoms with Crippen molar-refractivity contribution < 1.29 is 4.39 Å². The SMILES string of the molecule is CCc1[nH]c2c(CNc3nccc(N)n3)cc(F)cc2c1C. The zero-order chi connectivity index (χ0) is 15.7. The van der Waals surface area contributed by atoms with Gasteiger partial charge in [-0.2, -0.15) is 4.98 Å². The third-order valence-corrected chi connectivity index (χ3v) is 3.78. The van der Waals surface area contributed by atoms with Gasteiger partial charge in [0.15, 0.2) is 0 Å². The van der Waals surface area contributed by atoms with Crippen molar-refractivity contribution in [2.24, 2.45) is 0 Å². The third-order valence-electron chi connectivity index (χ3n) is 3.78. The molecule has 1 aromatic carbocycles. The van der Waals surface area contributed by atoms with E-state index >= 15 is 0 Å². The molecule has 0 saturated carbocycles. The van der Waals surface area contributed by atoms with Crippen LogP contribution in [0.4, 0.5) is 16.2 Å². The largest absolute Gasteiger partial charge is 0.384 e. The van der Waals surface area contributed by atoms with Crippen molar-refractivity contribution in [3.8, 4) is 0 Å². The summed E-state index contributed by atoms with van der Waals surface area (Å²) in [6.45, 7) is 4.50. The zero-order valence-electron chi connectivity index (χ0n) is 12.6. The molecular formula is C16H18FN5. The highest BCUT2D eigenvalue weighted by molar-refractivity contribution is 5.87. The van der Waals surface area contributed by atoms with E-state index < -0.39 is 0 Å². The van der Waals surface area contributed by atoms with Gasteiger partial charge in [-0.25, -0.2) is 9.37 Å². The van der Waals surface area contributed by atoms with Crippen LogP contribution in [0.5, 0.6) is 0 Å². The summed E-state index contributed by atoms with van der Waals surface area (Å²) in [6.07, 6.45) is 2.47. The Hall–Kier alpha value is -2.63. The van der Waals surface area contributed by atoms with Crippen LogP contribution >= 0.6 is 0 Å². The van der Waals surface area contributed by atoms with E-state index in [1.54, 1.807) is 18.3 Å². The molecule has 2 heterocycles. The summed E-state index contributed by atoms with van der Waals surface area (Å²) in [5.74, 6) is 0.574. The van der Waals surface area contributed by atoms with Crippen LogP contribution in [0.1, 0.15) is 23.7 Å². The molecule has 114 valence electrons. The number of halogens is 1. The lowest BCUT2D eigenvalue weighted by molar-refractivity contribution is 0.628. The Morgan fingerprint density at radius 3 is 2.91 bits per heavy atom. The van der Waals surface area contributed by atoms with Gasteiger partial charge in [0.1, 0.15) is 11.6 Å². The second-order valence-corrected chi connectivity index (χ2v) is 5.23. The van der Waals surface area contributed by atoms with Crippen LogP contribution in [-0.4, -0.2) is 15.0 Å². The number of nitrogen functional groups attached to an aromatic ring is 1. The number of benzene rings is 1. The van der Waals surface area contributed by atoms with Crippen LogP contribution < -0.4 is 11.1 Å². The number of hydrogen-bond acceptors (Lipinski definition) is 4. The van der Waals surface area contributed by atoms with E-state index in [0.717, 1.165) is 34.1 Å². The standard InChI is InChI=1S/C16H18FN5/c1-3-13-9(2)12-7-11(17)6-10(15(12)21-13)8-20-16-19-5-4-14(18)22-16/h4-7,21H,3,8H2,1-2H3,(H3,18,19,20,22). The van der Waals surface area contributed by atoms with Gasteiger partial charge >= 0.3 is 0 Å². The summed E-state index contributed by atoms with van der Waals surface area (Å²) in [5, 5.41) is 4.00. The number of aromatic nitrogens is 3. The van der Waals surface area contributed by atoms with E-state index in [0.29, 0.717) is 18.3 Å². The van der Waals surface area contributed by atoms with Gasteiger partial charge in [0.25, 0.3) is 0 Å². The van der Waals surface area contributed by atoms with Crippen LogP contribution in [0.2, 0.25) is 0 Å². The predicted molar refractivity (Wildman–Crippen MR) is 86.1 cm³/mol. The number of H-pyrrole nitrogens is 1. The number of nitrogens with one attached hydrogen (secondary N) is 2. The fourth-order valence-corrected chi connectivity index (χ4v) is 2.64. The fraction of sp³-hybridized carbons (Fsp3) is 0.250. The smallest absolute Gasteiger partial charge is 0.224 e. The highest BCUT2D eigenvalue weighted by Crippen LogP contribution is 2.26. The molecule has 0 saturated heterocycles. The van der Waals surface area contributed by atoms with Crippen molar-refractivity contribution in [3.63, 3.8) is 0 Å². The van der Waals surface area contributed by atoms with Gasteiger partial charge in [-0.3, -0.25) is 0 Å². The average Bonchev–Trinajstić information content (AvgIpc) is 2.82. The molecule has 0 unspecified atom stereocenters. The minimum atomic E-state index is -0.248. The Kier molecular flexibility index (Phi) is 3.66. The number of nitrogens with zero attached hydrogens (tertiary/aromatic N) is 2. The van der Waals surface area contributed by atoms with Crippen molar-refractivity contribution in [1.29, 1.82) is 0 Å². The topological polar surface area (TPSA) is 79.6 Å². The lowest BCUT2D eigenvalue weighted by Gasteiger charge is -2.07. The molecule has 0 bridgehead atoms. The predicted octanol–water partition coefficient (Wildman–Crippen LogP) is 3.16. The fourth-order valence-electron chi connectivity index (χ4n) is 2.64. The first-order chi connectivity index (χ1) is 10.6. The summed E-state index contributed by atoms with van der Waals surface area (Å²) < 4.78 is 13.9. The van der Waals surface area contributed by atoms with Crippen molar-refractivity contribution in [2.45, 2.75) is 26.8 Å². The number of nitrogens with two attached hydrogens (primary N) is 1. The molecule has 0 amide bonds. The molecule has 22 heavy (non-hydrogen) atoms. The average molecular weight is 299 g/mol. The maximum atomic E-state index is 13.9. The minimum Gasteiger partial charge on any atom is -0.384 e. The minimum absolute atomic E-state index is 0.248. The van der Waals surface area contributed by atoms with Crippen molar-refractivity contribution >= 4 is 22.7 Å². The molecule has 6 heteroatoms. The molecule has 0 aliphatic rings. The quantitative estimate of drug-likeness (QED) is 0.691. The number of anilines is 2. The summed E-state index contributed by atoms with van der Waals surface area (Å²) >= 11 is 0. The van der Waals surface area contributed by atoms with E-state index in [1.165, 1.54) is 6.07 Å². The van der Waals surface area contributed by atoms with Crippen LogP contribution in [-0.2, 0) is 13.0 Å². The van der Waals surface area contributed by atoms with Gasteiger partial charge in [0.05, 0.1) is 5.52 Å². The van der Waals surface area contributed by atoms with E-state index in [4.69, 9.17) is 5.73 Å². The van der Waals surface area contributed by atoms with E-state index in [1.807, 2.05) is 6.92 Å². The molecule has 4 N–H and O–H groups in total. The second-order valence-electron chi connectivity index (χ2n) is 5.23. The summed E-state index contributed by atoms with van der Waals surface area (Å²) in [4.78, 5) is 11.6. The molecular weight excluding hydrogens is 281 g/mol. The Morgan fingerprint density at radius 2 is 2.18 bits per heavy atom. The molecule has 3 rings (SSSR count). The van der Waals surface area contributed by atoms with Crippen LogP contribution in [0, 0.1) is 12.7 Å². The molecule has 0 aliphatic heterocycles. The second kappa shape index (κ2) is 5.63. The van der Waals surface area contributed by atoms with Crippen LogP contribution in [0.15, 0.2) is 24.4 Å². The van der Waals surface area contributed by atoms with Gasteiger partial charge in [-0.1, -0.05) is 6.92 Å².